The minimum Gasteiger partial charge on any atom is -0.354 e. The van der Waals surface area contributed by atoms with Crippen molar-refractivity contribution in [3.05, 3.63) is 31.1 Å². The zero-order valence-electron chi connectivity index (χ0n) is 15.0. The van der Waals surface area contributed by atoms with Gasteiger partial charge in [0.2, 0.25) is 11.9 Å². The van der Waals surface area contributed by atoms with Gasteiger partial charge in [-0.25, -0.2) is 15.0 Å². The van der Waals surface area contributed by atoms with Crippen molar-refractivity contribution in [1.82, 2.24) is 25.5 Å². The number of rotatable bonds is 6. The number of anilines is 1. The summed E-state index contributed by atoms with van der Waals surface area (Å²) in [6.07, 6.45) is 7.19. The topological polar surface area (TPSA) is 85.8 Å². The molecule has 1 saturated heterocycles. The molecule has 2 heterocycles. The van der Waals surface area contributed by atoms with Gasteiger partial charge in [0.25, 0.3) is 0 Å². The maximum absolute atomic E-state index is 11.7. The summed E-state index contributed by atoms with van der Waals surface area (Å²) in [5.41, 5.74) is 0. The second-order valence-electron chi connectivity index (χ2n) is 6.08. The van der Waals surface area contributed by atoms with Crippen molar-refractivity contribution in [3.8, 4) is 0 Å². The van der Waals surface area contributed by atoms with Gasteiger partial charge in [-0.1, -0.05) is 6.08 Å². The molecule has 1 aromatic heterocycles. The second kappa shape index (κ2) is 9.61. The lowest BCUT2D eigenvalue weighted by atomic mass is 10.1. The minimum atomic E-state index is -0.0317. The van der Waals surface area contributed by atoms with Gasteiger partial charge in [0.15, 0.2) is 5.96 Å². The first-order chi connectivity index (χ1) is 12.1. The first kappa shape index (κ1) is 18.7. The van der Waals surface area contributed by atoms with E-state index in [-0.39, 0.29) is 12.5 Å². The van der Waals surface area contributed by atoms with E-state index in [1.807, 2.05) is 6.07 Å². The van der Waals surface area contributed by atoms with Gasteiger partial charge in [-0.3, -0.25) is 4.79 Å². The zero-order valence-corrected chi connectivity index (χ0v) is 15.0. The van der Waals surface area contributed by atoms with Crippen LogP contribution >= 0.6 is 0 Å². The fraction of sp³-hybridized carbons (Fsp3) is 0.529. The number of aliphatic imine (C=N–C) groups is 1. The Morgan fingerprint density at radius 2 is 2.08 bits per heavy atom. The molecule has 1 aliphatic heterocycles. The fourth-order valence-corrected chi connectivity index (χ4v) is 2.48. The molecule has 1 amide bonds. The fourth-order valence-electron chi connectivity index (χ4n) is 2.48. The van der Waals surface area contributed by atoms with Crippen molar-refractivity contribution in [1.29, 1.82) is 0 Å². The molecule has 2 N–H and O–H groups in total. The quantitative estimate of drug-likeness (QED) is 0.437. The molecule has 25 heavy (non-hydrogen) atoms. The molecule has 0 spiro atoms. The molecule has 136 valence electrons. The Morgan fingerprint density at radius 1 is 1.40 bits per heavy atom. The molecule has 2 rings (SSSR count). The van der Waals surface area contributed by atoms with Crippen LogP contribution in [0.4, 0.5) is 5.95 Å². The van der Waals surface area contributed by atoms with Gasteiger partial charge < -0.3 is 20.4 Å². The van der Waals surface area contributed by atoms with Crippen LogP contribution < -0.4 is 15.5 Å². The third kappa shape index (κ3) is 6.06. The van der Waals surface area contributed by atoms with E-state index in [4.69, 9.17) is 0 Å². The number of nitrogens with zero attached hydrogens (tertiary/aromatic N) is 5. The van der Waals surface area contributed by atoms with Gasteiger partial charge in [0.05, 0.1) is 0 Å². The van der Waals surface area contributed by atoms with Crippen LogP contribution in [0.15, 0.2) is 36.1 Å². The van der Waals surface area contributed by atoms with Crippen LogP contribution in [0.1, 0.15) is 12.8 Å². The van der Waals surface area contributed by atoms with E-state index in [0.29, 0.717) is 18.5 Å². The Balaban J connectivity index is 1.88. The molecule has 0 atom stereocenters. The van der Waals surface area contributed by atoms with E-state index in [1.165, 1.54) is 4.90 Å². The molecule has 8 nitrogen and oxygen atoms in total. The number of carbonyl (C=O) groups is 1. The van der Waals surface area contributed by atoms with Crippen LogP contribution in [0.25, 0.3) is 0 Å². The van der Waals surface area contributed by atoms with Crippen LogP contribution in [0.5, 0.6) is 0 Å². The average molecular weight is 345 g/mol. The molecule has 1 fully saturated rings. The Labute approximate surface area is 149 Å². The first-order valence-electron chi connectivity index (χ1n) is 8.48. The number of likely N-dealkylation sites (N-methyl/N-ethyl adjacent to an activating group) is 1. The predicted octanol–water partition coefficient (Wildman–Crippen LogP) is 0.255. The predicted molar refractivity (Wildman–Crippen MR) is 99.6 cm³/mol. The molecule has 0 bridgehead atoms. The molecule has 1 aromatic rings. The highest BCUT2D eigenvalue weighted by Gasteiger charge is 2.21. The van der Waals surface area contributed by atoms with Crippen LogP contribution in [0.3, 0.4) is 0 Å². The van der Waals surface area contributed by atoms with Crippen molar-refractivity contribution >= 4 is 17.8 Å². The number of piperidine rings is 1. The van der Waals surface area contributed by atoms with Crippen LogP contribution in [0, 0.1) is 0 Å². The number of guanidine groups is 1. The van der Waals surface area contributed by atoms with E-state index in [2.05, 4.69) is 37.1 Å². The van der Waals surface area contributed by atoms with E-state index in [9.17, 15) is 4.79 Å². The summed E-state index contributed by atoms with van der Waals surface area (Å²) < 4.78 is 0. The van der Waals surface area contributed by atoms with Gasteiger partial charge in [-0.15, -0.1) is 6.58 Å². The van der Waals surface area contributed by atoms with E-state index >= 15 is 0 Å². The van der Waals surface area contributed by atoms with Crippen molar-refractivity contribution in [3.63, 3.8) is 0 Å². The number of nitrogens with one attached hydrogen (secondary N) is 2. The third-order valence-electron chi connectivity index (χ3n) is 3.96. The lowest BCUT2D eigenvalue weighted by Crippen LogP contribution is -2.49. The summed E-state index contributed by atoms with van der Waals surface area (Å²) in [4.78, 5) is 28.4. The van der Waals surface area contributed by atoms with Gasteiger partial charge in [-0.05, 0) is 18.9 Å². The van der Waals surface area contributed by atoms with Gasteiger partial charge >= 0.3 is 0 Å². The number of aromatic nitrogens is 2. The van der Waals surface area contributed by atoms with E-state index in [0.717, 1.165) is 31.9 Å². The SMILES string of the molecule is C=CCNC(=NCC(=O)N(C)C)NC1CCN(c2ncccn2)CC1. The summed E-state index contributed by atoms with van der Waals surface area (Å²) in [6, 6.07) is 2.12. The number of carbonyl (C=O) groups excluding carboxylic acids is 1. The molecule has 0 saturated carbocycles. The summed E-state index contributed by atoms with van der Waals surface area (Å²) in [5, 5.41) is 6.58. The van der Waals surface area contributed by atoms with Crippen LogP contribution in [0.2, 0.25) is 0 Å². The normalized spacial score (nSPS) is 15.6. The van der Waals surface area contributed by atoms with Crippen molar-refractivity contribution in [2.75, 3.05) is 45.2 Å². The molecular formula is C17H27N7O. The largest absolute Gasteiger partial charge is 0.354 e. The van der Waals surface area contributed by atoms with Gasteiger partial charge in [-0.2, -0.15) is 0 Å². The summed E-state index contributed by atoms with van der Waals surface area (Å²) in [6.45, 7) is 6.19. The van der Waals surface area contributed by atoms with E-state index < -0.39 is 0 Å². The summed E-state index contributed by atoms with van der Waals surface area (Å²) in [5.74, 6) is 1.39. The van der Waals surface area contributed by atoms with Crippen molar-refractivity contribution in [2.45, 2.75) is 18.9 Å². The Hall–Kier alpha value is -2.64. The van der Waals surface area contributed by atoms with Crippen molar-refractivity contribution < 1.29 is 4.79 Å². The number of hydrogen-bond acceptors (Lipinski definition) is 5. The number of hydrogen-bond donors (Lipinski definition) is 2. The van der Waals surface area contributed by atoms with Crippen LogP contribution in [-0.4, -0.2) is 73.1 Å². The highest BCUT2D eigenvalue weighted by molar-refractivity contribution is 5.85. The smallest absolute Gasteiger partial charge is 0.243 e. The molecule has 0 unspecified atom stereocenters. The minimum absolute atomic E-state index is 0.0317. The molecule has 8 heteroatoms. The van der Waals surface area contributed by atoms with Crippen molar-refractivity contribution in [2.24, 2.45) is 4.99 Å². The molecule has 0 aromatic carbocycles. The molecule has 0 aliphatic carbocycles. The second-order valence-corrected chi connectivity index (χ2v) is 6.08. The maximum Gasteiger partial charge on any atom is 0.243 e. The molecule has 1 aliphatic rings. The lowest BCUT2D eigenvalue weighted by Gasteiger charge is -2.33. The number of amides is 1. The molecule has 0 radical (unpaired) electrons. The maximum atomic E-state index is 11.7. The standard InChI is InChI=1S/C17H27N7O/c1-4-8-18-16(21-13-15(25)23(2)3)22-14-6-11-24(12-7-14)17-19-9-5-10-20-17/h4-5,9-10,14H,1,6-8,11-13H2,2-3H3,(H2,18,21,22). The monoisotopic (exact) mass is 345 g/mol. The van der Waals surface area contributed by atoms with Gasteiger partial charge in [0.1, 0.15) is 6.54 Å². The Kier molecular flexibility index (Phi) is 7.18. The third-order valence-corrected chi connectivity index (χ3v) is 3.96. The first-order valence-corrected chi connectivity index (χ1v) is 8.48. The summed E-state index contributed by atoms with van der Waals surface area (Å²) >= 11 is 0. The lowest BCUT2D eigenvalue weighted by molar-refractivity contribution is -0.127. The average Bonchev–Trinajstić information content (AvgIpc) is 2.64. The van der Waals surface area contributed by atoms with Crippen LogP contribution in [-0.2, 0) is 4.79 Å². The zero-order chi connectivity index (χ0) is 18.1. The highest BCUT2D eigenvalue weighted by atomic mass is 16.2. The summed E-state index contributed by atoms with van der Waals surface area (Å²) in [7, 11) is 3.45. The van der Waals surface area contributed by atoms with E-state index in [1.54, 1.807) is 32.6 Å². The molecular weight excluding hydrogens is 318 g/mol. The Bertz CT molecular complexity index is 580. The highest BCUT2D eigenvalue weighted by Crippen LogP contribution is 2.15. The Morgan fingerprint density at radius 3 is 2.68 bits per heavy atom. The van der Waals surface area contributed by atoms with Gasteiger partial charge in [0, 0.05) is 52.2 Å².